The second kappa shape index (κ2) is 5.68. The molecule has 0 atom stereocenters. The average Bonchev–Trinajstić information content (AvgIpc) is 3.09. The molecular weight excluding hydrogens is 258 g/mol. The number of aromatic nitrogens is 1. The molecule has 4 heteroatoms. The summed E-state index contributed by atoms with van der Waals surface area (Å²) in [5, 5.41) is 4.26. The van der Waals surface area contributed by atoms with E-state index in [1.54, 1.807) is 0 Å². The third-order valence-corrected chi connectivity index (χ3v) is 4.62. The lowest BCUT2D eigenvalue weighted by molar-refractivity contribution is 0.638. The Hall–Kier alpha value is -0.800. The first kappa shape index (κ1) is 13.2. The first-order chi connectivity index (χ1) is 9.24. The van der Waals surface area contributed by atoms with Crippen molar-refractivity contribution < 1.29 is 0 Å². The summed E-state index contributed by atoms with van der Waals surface area (Å²) in [6.45, 7) is 0.788. The van der Waals surface area contributed by atoms with Crippen LogP contribution in [0.25, 0.3) is 0 Å². The van der Waals surface area contributed by atoms with Crippen molar-refractivity contribution in [2.75, 3.05) is 11.9 Å². The minimum absolute atomic E-state index is 0.651. The number of halogens is 1. The van der Waals surface area contributed by atoms with Crippen molar-refractivity contribution >= 4 is 17.4 Å². The highest BCUT2D eigenvalue weighted by Crippen LogP contribution is 2.27. The molecule has 0 aromatic carbocycles. The molecule has 0 unspecified atom stereocenters. The van der Waals surface area contributed by atoms with Gasteiger partial charge in [0.05, 0.1) is 10.7 Å². The van der Waals surface area contributed by atoms with E-state index < -0.39 is 0 Å². The Labute approximate surface area is 120 Å². The van der Waals surface area contributed by atoms with Crippen LogP contribution in [0, 0.1) is 0 Å². The summed E-state index contributed by atoms with van der Waals surface area (Å²) in [6.07, 6.45) is 7.85. The SMILES string of the molecule is CN(c1ccc(Cl)c(CNC2CC2)n1)C1CCCC1. The molecule has 1 N–H and O–H groups in total. The summed E-state index contributed by atoms with van der Waals surface area (Å²) in [7, 11) is 2.16. The fraction of sp³-hybridized carbons (Fsp3) is 0.667. The molecule has 104 valence electrons. The number of rotatable bonds is 5. The van der Waals surface area contributed by atoms with Gasteiger partial charge >= 0.3 is 0 Å². The van der Waals surface area contributed by atoms with Crippen LogP contribution < -0.4 is 10.2 Å². The van der Waals surface area contributed by atoms with Crippen LogP contribution in [0.3, 0.4) is 0 Å². The summed E-state index contributed by atoms with van der Waals surface area (Å²) >= 11 is 6.24. The highest BCUT2D eigenvalue weighted by molar-refractivity contribution is 6.31. The highest BCUT2D eigenvalue weighted by Gasteiger charge is 2.23. The normalized spacial score (nSPS) is 19.9. The summed E-state index contributed by atoms with van der Waals surface area (Å²) in [6, 6.07) is 5.37. The van der Waals surface area contributed by atoms with Gasteiger partial charge in [0, 0.05) is 25.7 Å². The van der Waals surface area contributed by atoms with Gasteiger partial charge in [-0.3, -0.25) is 0 Å². The summed E-state index contributed by atoms with van der Waals surface area (Å²) in [4.78, 5) is 7.07. The number of anilines is 1. The van der Waals surface area contributed by atoms with E-state index in [1.807, 2.05) is 12.1 Å². The Morgan fingerprint density at radius 3 is 2.68 bits per heavy atom. The number of hydrogen-bond donors (Lipinski definition) is 1. The van der Waals surface area contributed by atoms with Crippen molar-refractivity contribution in [1.29, 1.82) is 0 Å². The minimum Gasteiger partial charge on any atom is -0.357 e. The van der Waals surface area contributed by atoms with Crippen LogP contribution in [-0.2, 0) is 6.54 Å². The smallest absolute Gasteiger partial charge is 0.128 e. The number of nitrogens with zero attached hydrogens (tertiary/aromatic N) is 2. The average molecular weight is 280 g/mol. The third-order valence-electron chi connectivity index (χ3n) is 4.27. The quantitative estimate of drug-likeness (QED) is 0.896. The highest BCUT2D eigenvalue weighted by atomic mass is 35.5. The van der Waals surface area contributed by atoms with Gasteiger partial charge in [-0.25, -0.2) is 4.98 Å². The van der Waals surface area contributed by atoms with Gasteiger partial charge in [0.2, 0.25) is 0 Å². The van der Waals surface area contributed by atoms with Crippen LogP contribution >= 0.6 is 11.6 Å². The molecule has 3 rings (SSSR count). The second-order valence-corrected chi connectivity index (χ2v) is 6.21. The number of nitrogens with one attached hydrogen (secondary N) is 1. The number of pyridine rings is 1. The fourth-order valence-electron chi connectivity index (χ4n) is 2.80. The molecule has 2 aliphatic carbocycles. The Bertz CT molecular complexity index is 439. The largest absolute Gasteiger partial charge is 0.357 e. The van der Waals surface area contributed by atoms with Crippen LogP contribution in [0.5, 0.6) is 0 Å². The van der Waals surface area contributed by atoms with E-state index in [2.05, 4.69) is 17.3 Å². The van der Waals surface area contributed by atoms with Crippen LogP contribution in [0.2, 0.25) is 5.02 Å². The molecule has 0 amide bonds. The molecule has 0 radical (unpaired) electrons. The first-order valence-electron chi connectivity index (χ1n) is 7.35. The van der Waals surface area contributed by atoms with Crippen LogP contribution in [0.1, 0.15) is 44.2 Å². The Kier molecular flexibility index (Phi) is 3.94. The van der Waals surface area contributed by atoms with Crippen molar-refractivity contribution in [3.05, 3.63) is 22.8 Å². The molecule has 0 saturated heterocycles. The zero-order valence-corrected chi connectivity index (χ0v) is 12.3. The maximum Gasteiger partial charge on any atom is 0.128 e. The predicted molar refractivity (Wildman–Crippen MR) is 79.8 cm³/mol. The van der Waals surface area contributed by atoms with E-state index in [1.165, 1.54) is 38.5 Å². The van der Waals surface area contributed by atoms with Crippen molar-refractivity contribution in [2.24, 2.45) is 0 Å². The zero-order chi connectivity index (χ0) is 13.2. The fourth-order valence-corrected chi connectivity index (χ4v) is 2.97. The van der Waals surface area contributed by atoms with Crippen molar-refractivity contribution in [2.45, 2.75) is 57.2 Å². The van der Waals surface area contributed by atoms with Crippen molar-refractivity contribution in [1.82, 2.24) is 10.3 Å². The second-order valence-electron chi connectivity index (χ2n) is 5.80. The summed E-state index contributed by atoms with van der Waals surface area (Å²) in [5.74, 6) is 1.06. The lowest BCUT2D eigenvalue weighted by atomic mass is 10.2. The van der Waals surface area contributed by atoms with E-state index in [0.717, 1.165) is 23.1 Å². The molecule has 1 aromatic rings. The van der Waals surface area contributed by atoms with Gasteiger partial charge in [-0.05, 0) is 37.8 Å². The molecule has 0 spiro atoms. The Morgan fingerprint density at radius 2 is 2.00 bits per heavy atom. The van der Waals surface area contributed by atoms with Crippen LogP contribution in [0.15, 0.2) is 12.1 Å². The molecule has 2 saturated carbocycles. The lowest BCUT2D eigenvalue weighted by Gasteiger charge is -2.26. The van der Waals surface area contributed by atoms with E-state index in [9.17, 15) is 0 Å². The van der Waals surface area contributed by atoms with Gasteiger partial charge in [0.15, 0.2) is 0 Å². The molecule has 0 aliphatic heterocycles. The summed E-state index contributed by atoms with van der Waals surface area (Å²) in [5.41, 5.74) is 0.982. The molecule has 2 fully saturated rings. The van der Waals surface area contributed by atoms with Gasteiger partial charge in [-0.2, -0.15) is 0 Å². The van der Waals surface area contributed by atoms with Gasteiger partial charge in [0.1, 0.15) is 5.82 Å². The summed E-state index contributed by atoms with van der Waals surface area (Å²) < 4.78 is 0. The molecule has 3 nitrogen and oxygen atoms in total. The topological polar surface area (TPSA) is 28.2 Å². The molecule has 2 aliphatic rings. The number of hydrogen-bond acceptors (Lipinski definition) is 3. The van der Waals surface area contributed by atoms with Gasteiger partial charge < -0.3 is 10.2 Å². The maximum absolute atomic E-state index is 6.24. The van der Waals surface area contributed by atoms with Gasteiger partial charge in [-0.15, -0.1) is 0 Å². The molecule has 1 heterocycles. The zero-order valence-electron chi connectivity index (χ0n) is 11.5. The van der Waals surface area contributed by atoms with E-state index >= 15 is 0 Å². The van der Waals surface area contributed by atoms with Crippen LogP contribution in [-0.4, -0.2) is 24.1 Å². The molecule has 1 aromatic heterocycles. The standard InChI is InChI=1S/C15H22ClN3/c1-19(12-4-2-3-5-12)15-9-8-13(16)14(18-15)10-17-11-6-7-11/h8-9,11-12,17H,2-7,10H2,1H3. The lowest BCUT2D eigenvalue weighted by Crippen LogP contribution is -2.30. The van der Waals surface area contributed by atoms with Gasteiger partial charge in [0.25, 0.3) is 0 Å². The third kappa shape index (κ3) is 3.21. The van der Waals surface area contributed by atoms with E-state index in [0.29, 0.717) is 12.1 Å². The van der Waals surface area contributed by atoms with E-state index in [-0.39, 0.29) is 0 Å². The molecule has 0 bridgehead atoms. The predicted octanol–water partition coefficient (Wildman–Crippen LogP) is 3.37. The Balaban J connectivity index is 1.71. The minimum atomic E-state index is 0.651. The monoisotopic (exact) mass is 279 g/mol. The molecule has 19 heavy (non-hydrogen) atoms. The van der Waals surface area contributed by atoms with E-state index in [4.69, 9.17) is 16.6 Å². The van der Waals surface area contributed by atoms with Crippen LogP contribution in [0.4, 0.5) is 5.82 Å². The van der Waals surface area contributed by atoms with Crippen molar-refractivity contribution in [3.63, 3.8) is 0 Å². The maximum atomic E-state index is 6.24. The first-order valence-corrected chi connectivity index (χ1v) is 7.73. The Morgan fingerprint density at radius 1 is 1.26 bits per heavy atom. The van der Waals surface area contributed by atoms with Gasteiger partial charge in [-0.1, -0.05) is 24.4 Å². The van der Waals surface area contributed by atoms with Crippen molar-refractivity contribution in [3.8, 4) is 0 Å². The molecular formula is C15H22ClN3.